The smallest absolute Gasteiger partial charge is 0.146 e. The third-order valence-corrected chi connectivity index (χ3v) is 3.08. The first-order valence-corrected chi connectivity index (χ1v) is 7.03. The van der Waals surface area contributed by atoms with E-state index in [0.717, 1.165) is 4.47 Å². The molecule has 3 N–H and O–H groups in total. The number of hydrogen-bond acceptors (Lipinski definition) is 3. The van der Waals surface area contributed by atoms with Crippen molar-refractivity contribution < 1.29 is 9.13 Å². The van der Waals surface area contributed by atoms with Crippen LogP contribution < -0.4 is 15.8 Å². The lowest BCUT2D eigenvalue weighted by atomic mass is 10.2. The van der Waals surface area contributed by atoms with Gasteiger partial charge in [0.1, 0.15) is 11.6 Å². The van der Waals surface area contributed by atoms with Gasteiger partial charge in [-0.05, 0) is 44.2 Å². The van der Waals surface area contributed by atoms with Crippen LogP contribution in [-0.2, 0) is 0 Å². The highest BCUT2D eigenvalue weighted by atomic mass is 79.9. The Morgan fingerprint density at radius 2 is 1.95 bits per heavy atom. The van der Waals surface area contributed by atoms with Gasteiger partial charge in [0.2, 0.25) is 0 Å². The molecule has 0 saturated heterocycles. The van der Waals surface area contributed by atoms with E-state index in [1.165, 1.54) is 6.07 Å². The van der Waals surface area contributed by atoms with Crippen molar-refractivity contribution in [3.8, 4) is 5.75 Å². The molecule has 0 aliphatic heterocycles. The Morgan fingerprint density at radius 1 is 1.20 bits per heavy atom. The van der Waals surface area contributed by atoms with Crippen molar-refractivity contribution in [1.82, 2.24) is 0 Å². The molecular weight excluding hydrogens is 323 g/mol. The molecule has 3 nitrogen and oxygen atoms in total. The minimum atomic E-state index is -0.323. The molecule has 2 rings (SSSR count). The van der Waals surface area contributed by atoms with Gasteiger partial charge < -0.3 is 15.8 Å². The third kappa shape index (κ3) is 3.63. The molecule has 106 valence electrons. The second kappa shape index (κ2) is 6.13. The molecule has 0 unspecified atom stereocenters. The van der Waals surface area contributed by atoms with Crippen LogP contribution in [0.2, 0.25) is 0 Å². The molecule has 5 heteroatoms. The first kappa shape index (κ1) is 14.7. The number of anilines is 3. The summed E-state index contributed by atoms with van der Waals surface area (Å²) in [6.45, 7) is 3.85. The summed E-state index contributed by atoms with van der Waals surface area (Å²) < 4.78 is 20.1. The molecule has 2 aromatic carbocycles. The lowest BCUT2D eigenvalue weighted by Gasteiger charge is -2.14. The molecule has 0 spiro atoms. The topological polar surface area (TPSA) is 47.3 Å². The average Bonchev–Trinajstić information content (AvgIpc) is 2.37. The summed E-state index contributed by atoms with van der Waals surface area (Å²) >= 11 is 3.32. The van der Waals surface area contributed by atoms with Crippen molar-refractivity contribution in [2.45, 2.75) is 20.0 Å². The fourth-order valence-electron chi connectivity index (χ4n) is 1.72. The summed E-state index contributed by atoms with van der Waals surface area (Å²) in [6.07, 6.45) is 0.0233. The highest BCUT2D eigenvalue weighted by Crippen LogP contribution is 2.30. The lowest BCUT2D eigenvalue weighted by Crippen LogP contribution is -2.07. The zero-order chi connectivity index (χ0) is 14.7. The van der Waals surface area contributed by atoms with Crippen molar-refractivity contribution >= 4 is 33.0 Å². The van der Waals surface area contributed by atoms with Gasteiger partial charge in [-0.2, -0.15) is 0 Å². The number of halogens is 2. The Kier molecular flexibility index (Phi) is 4.49. The van der Waals surface area contributed by atoms with Gasteiger partial charge in [-0.15, -0.1) is 0 Å². The molecule has 0 saturated carbocycles. The molecule has 0 aliphatic carbocycles. The van der Waals surface area contributed by atoms with Gasteiger partial charge in [0.05, 0.1) is 17.5 Å². The van der Waals surface area contributed by atoms with Crippen LogP contribution in [0, 0.1) is 5.82 Å². The van der Waals surface area contributed by atoms with Crippen molar-refractivity contribution in [1.29, 1.82) is 0 Å². The number of nitrogen functional groups attached to an aromatic ring is 1. The van der Waals surface area contributed by atoms with Crippen LogP contribution >= 0.6 is 15.9 Å². The largest absolute Gasteiger partial charge is 0.489 e. The molecule has 0 fully saturated rings. The van der Waals surface area contributed by atoms with E-state index in [-0.39, 0.29) is 11.9 Å². The van der Waals surface area contributed by atoms with Crippen LogP contribution in [-0.4, -0.2) is 6.10 Å². The van der Waals surface area contributed by atoms with Gasteiger partial charge in [0.25, 0.3) is 0 Å². The molecule has 0 heterocycles. The van der Waals surface area contributed by atoms with Crippen molar-refractivity contribution in [3.63, 3.8) is 0 Å². The predicted molar refractivity (Wildman–Crippen MR) is 84.0 cm³/mol. The summed E-state index contributed by atoms with van der Waals surface area (Å²) in [4.78, 5) is 0. The third-order valence-electron chi connectivity index (χ3n) is 2.58. The Labute approximate surface area is 126 Å². The maximum Gasteiger partial charge on any atom is 0.146 e. The first-order chi connectivity index (χ1) is 9.45. The molecule has 20 heavy (non-hydrogen) atoms. The van der Waals surface area contributed by atoms with Crippen LogP contribution in [0.25, 0.3) is 0 Å². The van der Waals surface area contributed by atoms with Crippen LogP contribution in [0.4, 0.5) is 21.5 Å². The van der Waals surface area contributed by atoms with Crippen LogP contribution in [0.15, 0.2) is 40.9 Å². The molecule has 0 amide bonds. The fourth-order valence-corrected chi connectivity index (χ4v) is 2.08. The van der Waals surface area contributed by atoms with Gasteiger partial charge in [-0.3, -0.25) is 0 Å². The zero-order valence-corrected chi connectivity index (χ0v) is 12.9. The number of ether oxygens (including phenoxy) is 1. The van der Waals surface area contributed by atoms with E-state index in [1.54, 1.807) is 30.3 Å². The minimum absolute atomic E-state index is 0.0233. The van der Waals surface area contributed by atoms with E-state index in [2.05, 4.69) is 21.2 Å². The maximum atomic E-state index is 13.7. The van der Waals surface area contributed by atoms with Gasteiger partial charge in [-0.25, -0.2) is 4.39 Å². The SMILES string of the molecule is CC(C)Oc1cc(Nc2cc(Br)ccc2F)ccc1N. The lowest BCUT2D eigenvalue weighted by molar-refractivity contribution is 0.244. The summed E-state index contributed by atoms with van der Waals surface area (Å²) in [5.41, 5.74) is 7.51. The van der Waals surface area contributed by atoms with Crippen molar-refractivity contribution in [2.75, 3.05) is 11.1 Å². The van der Waals surface area contributed by atoms with E-state index in [1.807, 2.05) is 13.8 Å². The van der Waals surface area contributed by atoms with Gasteiger partial charge in [-0.1, -0.05) is 15.9 Å². The van der Waals surface area contributed by atoms with E-state index in [9.17, 15) is 4.39 Å². The second-order valence-electron chi connectivity index (χ2n) is 4.67. The zero-order valence-electron chi connectivity index (χ0n) is 11.3. The van der Waals surface area contributed by atoms with Crippen LogP contribution in [0.1, 0.15) is 13.8 Å². The molecular formula is C15H16BrFN2O. The predicted octanol–water partition coefficient (Wildman–Crippen LogP) is 4.70. The first-order valence-electron chi connectivity index (χ1n) is 6.24. The molecule has 0 radical (unpaired) electrons. The molecule has 0 aromatic heterocycles. The summed E-state index contributed by atoms with van der Waals surface area (Å²) in [7, 11) is 0. The number of nitrogens with one attached hydrogen (secondary N) is 1. The highest BCUT2D eigenvalue weighted by Gasteiger charge is 2.07. The van der Waals surface area contributed by atoms with E-state index in [0.29, 0.717) is 22.8 Å². The number of benzene rings is 2. The second-order valence-corrected chi connectivity index (χ2v) is 5.58. The summed E-state index contributed by atoms with van der Waals surface area (Å²) in [5.74, 6) is 0.261. The summed E-state index contributed by atoms with van der Waals surface area (Å²) in [6, 6.07) is 10.00. The van der Waals surface area contributed by atoms with E-state index >= 15 is 0 Å². The minimum Gasteiger partial charge on any atom is -0.489 e. The quantitative estimate of drug-likeness (QED) is 0.794. The Morgan fingerprint density at radius 3 is 2.65 bits per heavy atom. The van der Waals surface area contributed by atoms with Crippen molar-refractivity contribution in [2.24, 2.45) is 0 Å². The van der Waals surface area contributed by atoms with Gasteiger partial charge in [0, 0.05) is 16.2 Å². The van der Waals surface area contributed by atoms with Gasteiger partial charge in [0.15, 0.2) is 0 Å². The molecule has 0 aliphatic rings. The average molecular weight is 339 g/mol. The number of hydrogen-bond donors (Lipinski definition) is 2. The summed E-state index contributed by atoms with van der Waals surface area (Å²) in [5, 5.41) is 3.01. The van der Waals surface area contributed by atoms with Gasteiger partial charge >= 0.3 is 0 Å². The Bertz CT molecular complexity index is 617. The van der Waals surface area contributed by atoms with Crippen LogP contribution in [0.5, 0.6) is 5.75 Å². The van der Waals surface area contributed by atoms with Crippen molar-refractivity contribution in [3.05, 3.63) is 46.7 Å². The Hall–Kier alpha value is -1.75. The maximum absolute atomic E-state index is 13.7. The normalized spacial score (nSPS) is 10.7. The highest BCUT2D eigenvalue weighted by molar-refractivity contribution is 9.10. The number of nitrogens with two attached hydrogens (primary N) is 1. The standard InChI is InChI=1S/C15H16BrFN2O/c1-9(2)20-15-8-11(4-6-13(15)18)19-14-7-10(16)3-5-12(14)17/h3-9,19H,18H2,1-2H3. The number of rotatable bonds is 4. The Balaban J connectivity index is 2.27. The molecule has 2 aromatic rings. The van der Waals surface area contributed by atoms with E-state index < -0.39 is 0 Å². The van der Waals surface area contributed by atoms with Crippen LogP contribution in [0.3, 0.4) is 0 Å². The fraction of sp³-hybridized carbons (Fsp3) is 0.200. The molecule has 0 atom stereocenters. The molecule has 0 bridgehead atoms. The monoisotopic (exact) mass is 338 g/mol. The van der Waals surface area contributed by atoms with E-state index in [4.69, 9.17) is 10.5 Å².